The van der Waals surface area contributed by atoms with E-state index in [1.807, 2.05) is 28.7 Å². The molecule has 0 aliphatic heterocycles. The summed E-state index contributed by atoms with van der Waals surface area (Å²) >= 11 is 0. The van der Waals surface area contributed by atoms with E-state index in [9.17, 15) is 0 Å². The number of hydrogen-bond donors (Lipinski definition) is 1. The molecule has 1 N–H and O–H groups in total. The Morgan fingerprint density at radius 1 is 1.42 bits per heavy atom. The Kier molecular flexibility index (Phi) is 2.09. The minimum Gasteiger partial charge on any atom is -0.333 e. The van der Waals surface area contributed by atoms with Gasteiger partial charge in [0.25, 0.3) is 0 Å². The molecule has 1 unspecified atom stereocenters. The highest BCUT2D eigenvalue weighted by molar-refractivity contribution is 5.74. The average Bonchev–Trinajstić information content (AvgIpc) is 2.84. The Labute approximate surface area is 110 Å². The van der Waals surface area contributed by atoms with Crippen LogP contribution in [0.15, 0.2) is 18.6 Å². The van der Waals surface area contributed by atoms with E-state index < -0.39 is 0 Å². The zero-order chi connectivity index (χ0) is 13.0. The highest BCUT2D eigenvalue weighted by Gasteiger charge is 2.31. The number of aromatic amines is 1. The lowest BCUT2D eigenvalue weighted by molar-refractivity contribution is 0.451. The van der Waals surface area contributed by atoms with Gasteiger partial charge in [0.1, 0.15) is 5.52 Å². The molecule has 0 amide bonds. The summed E-state index contributed by atoms with van der Waals surface area (Å²) in [5.41, 5.74) is 1.91. The molecule has 0 bridgehead atoms. The van der Waals surface area contributed by atoms with Crippen LogP contribution >= 0.6 is 0 Å². The maximum atomic E-state index is 4.67. The van der Waals surface area contributed by atoms with Gasteiger partial charge in [0.15, 0.2) is 17.3 Å². The zero-order valence-corrected chi connectivity index (χ0v) is 11.0. The fourth-order valence-corrected chi connectivity index (χ4v) is 2.59. The fraction of sp³-hybridized carbons (Fsp3) is 0.462. The summed E-state index contributed by atoms with van der Waals surface area (Å²) < 4.78 is 4.00. The molecule has 0 radical (unpaired) electrons. The number of nitrogens with zero attached hydrogens (tertiary/aromatic N) is 5. The first-order valence-corrected chi connectivity index (χ1v) is 6.65. The van der Waals surface area contributed by atoms with Gasteiger partial charge in [-0.3, -0.25) is 0 Å². The van der Waals surface area contributed by atoms with Crippen LogP contribution in [0.4, 0.5) is 0 Å². The molecule has 6 nitrogen and oxygen atoms in total. The molecule has 3 heterocycles. The molecule has 6 heteroatoms. The highest BCUT2D eigenvalue weighted by atomic mass is 15.3. The molecule has 0 aromatic carbocycles. The molecule has 1 aliphatic rings. The largest absolute Gasteiger partial charge is 0.333 e. The van der Waals surface area contributed by atoms with Crippen LogP contribution < -0.4 is 0 Å². The Bertz CT molecular complexity index is 729. The molecule has 3 aromatic heterocycles. The van der Waals surface area contributed by atoms with Crippen LogP contribution in [-0.2, 0) is 7.05 Å². The van der Waals surface area contributed by atoms with Crippen LogP contribution in [0.1, 0.15) is 25.8 Å². The molecule has 1 fully saturated rings. The molecule has 0 spiro atoms. The predicted octanol–water partition coefficient (Wildman–Crippen LogP) is 2.13. The third-order valence-corrected chi connectivity index (χ3v) is 3.96. The number of hydrogen-bond acceptors (Lipinski definition) is 3. The van der Waals surface area contributed by atoms with Crippen LogP contribution in [0, 0.1) is 5.92 Å². The first-order valence-electron chi connectivity index (χ1n) is 6.65. The van der Waals surface area contributed by atoms with Crippen LogP contribution in [0.25, 0.3) is 22.8 Å². The van der Waals surface area contributed by atoms with Gasteiger partial charge in [0, 0.05) is 19.4 Å². The summed E-state index contributed by atoms with van der Waals surface area (Å²) in [6.07, 6.45) is 8.16. The Morgan fingerprint density at radius 2 is 2.26 bits per heavy atom. The normalized spacial score (nSPS) is 17.2. The van der Waals surface area contributed by atoms with E-state index >= 15 is 0 Å². The molecule has 1 aliphatic carbocycles. The van der Waals surface area contributed by atoms with Crippen LogP contribution in [0.3, 0.4) is 0 Å². The minimum absolute atomic E-state index is 0.426. The van der Waals surface area contributed by atoms with E-state index in [0.29, 0.717) is 6.04 Å². The van der Waals surface area contributed by atoms with Gasteiger partial charge in [0.05, 0.1) is 12.2 Å². The van der Waals surface area contributed by atoms with Gasteiger partial charge >= 0.3 is 0 Å². The third-order valence-electron chi connectivity index (χ3n) is 3.96. The number of rotatable bonds is 3. The van der Waals surface area contributed by atoms with E-state index in [1.54, 1.807) is 6.20 Å². The lowest BCUT2D eigenvalue weighted by Crippen LogP contribution is -2.08. The quantitative estimate of drug-likeness (QED) is 0.780. The number of nitrogens with one attached hydrogen (secondary N) is 1. The van der Waals surface area contributed by atoms with Gasteiger partial charge in [-0.15, -0.1) is 0 Å². The fourth-order valence-electron chi connectivity index (χ4n) is 2.59. The smallest absolute Gasteiger partial charge is 0.177 e. The Morgan fingerprint density at radius 3 is 2.95 bits per heavy atom. The summed E-state index contributed by atoms with van der Waals surface area (Å²) in [5.74, 6) is 2.41. The van der Waals surface area contributed by atoms with Crippen molar-refractivity contribution in [2.45, 2.75) is 25.8 Å². The van der Waals surface area contributed by atoms with Gasteiger partial charge in [-0.2, -0.15) is 5.10 Å². The van der Waals surface area contributed by atoms with Gasteiger partial charge in [0.2, 0.25) is 0 Å². The first kappa shape index (κ1) is 10.8. The van der Waals surface area contributed by atoms with Gasteiger partial charge in [-0.05, 0) is 25.7 Å². The summed E-state index contributed by atoms with van der Waals surface area (Å²) in [6, 6.07) is 0.426. The van der Waals surface area contributed by atoms with Crippen molar-refractivity contribution in [1.29, 1.82) is 0 Å². The molecule has 1 atom stereocenters. The van der Waals surface area contributed by atoms with Crippen LogP contribution in [0.5, 0.6) is 0 Å². The zero-order valence-electron chi connectivity index (χ0n) is 11.0. The van der Waals surface area contributed by atoms with Gasteiger partial charge in [-0.1, -0.05) is 0 Å². The van der Waals surface area contributed by atoms with Crippen molar-refractivity contribution in [3.8, 4) is 11.6 Å². The van der Waals surface area contributed by atoms with E-state index in [2.05, 4.69) is 27.0 Å². The Hall–Kier alpha value is -2.11. The molecular formula is C13H16N6. The third kappa shape index (κ3) is 1.59. The Balaban J connectivity index is 1.81. The second kappa shape index (κ2) is 3.69. The summed E-state index contributed by atoms with van der Waals surface area (Å²) in [6.45, 7) is 2.22. The minimum atomic E-state index is 0.426. The highest BCUT2D eigenvalue weighted by Crippen LogP contribution is 2.40. The van der Waals surface area contributed by atoms with Gasteiger partial charge < -0.3 is 9.55 Å². The molecular weight excluding hydrogens is 240 g/mol. The number of fused-ring (bicyclic) bond motifs is 1. The average molecular weight is 256 g/mol. The van der Waals surface area contributed by atoms with Crippen molar-refractivity contribution in [2.75, 3.05) is 0 Å². The first-order chi connectivity index (χ1) is 9.24. The summed E-state index contributed by atoms with van der Waals surface area (Å²) in [7, 11) is 1.97. The summed E-state index contributed by atoms with van der Waals surface area (Å²) in [4.78, 5) is 12.3. The van der Waals surface area contributed by atoms with E-state index in [4.69, 9.17) is 0 Å². The maximum absolute atomic E-state index is 4.67. The molecule has 4 rings (SSSR count). The lowest BCUT2D eigenvalue weighted by Gasteiger charge is -2.10. The van der Waals surface area contributed by atoms with E-state index in [1.165, 1.54) is 12.8 Å². The molecule has 19 heavy (non-hydrogen) atoms. The number of imidazole rings is 2. The molecule has 3 aromatic rings. The molecule has 98 valence electrons. The van der Waals surface area contributed by atoms with Gasteiger partial charge in [-0.25, -0.2) is 14.6 Å². The standard InChI is InChI=1S/C13H16N6/c1-8(9-3-4-9)19-12-10(7-15-19)16-11(17-12)13-14-5-6-18(13)2/h5-9H,3-4H2,1-2H3,(H,16,17). The topological polar surface area (TPSA) is 64.3 Å². The SMILES string of the molecule is CC(C1CC1)n1ncc2[nH]c(-c3nccn3C)nc21. The van der Waals surface area contributed by atoms with Crippen molar-refractivity contribution >= 4 is 11.2 Å². The predicted molar refractivity (Wildman–Crippen MR) is 71.5 cm³/mol. The van der Waals surface area contributed by atoms with Crippen molar-refractivity contribution in [3.63, 3.8) is 0 Å². The maximum Gasteiger partial charge on any atom is 0.177 e. The number of aromatic nitrogens is 6. The second-order valence-corrected chi connectivity index (χ2v) is 5.35. The van der Waals surface area contributed by atoms with E-state index in [-0.39, 0.29) is 0 Å². The summed E-state index contributed by atoms with van der Waals surface area (Å²) in [5, 5.41) is 4.46. The van der Waals surface area contributed by atoms with Crippen molar-refractivity contribution in [1.82, 2.24) is 29.3 Å². The van der Waals surface area contributed by atoms with Crippen LogP contribution in [0.2, 0.25) is 0 Å². The lowest BCUT2D eigenvalue weighted by atomic mass is 10.2. The number of H-pyrrole nitrogens is 1. The second-order valence-electron chi connectivity index (χ2n) is 5.35. The number of aryl methyl sites for hydroxylation is 1. The van der Waals surface area contributed by atoms with Crippen LogP contribution in [-0.4, -0.2) is 29.3 Å². The molecule has 1 saturated carbocycles. The van der Waals surface area contributed by atoms with Crippen molar-refractivity contribution in [2.24, 2.45) is 13.0 Å². The molecule has 0 saturated heterocycles. The van der Waals surface area contributed by atoms with Crippen molar-refractivity contribution < 1.29 is 0 Å². The van der Waals surface area contributed by atoms with Crippen molar-refractivity contribution in [3.05, 3.63) is 18.6 Å². The van der Waals surface area contributed by atoms with E-state index in [0.717, 1.165) is 28.7 Å². The monoisotopic (exact) mass is 256 g/mol.